The van der Waals surface area contributed by atoms with Crippen molar-refractivity contribution in [3.8, 4) is 11.6 Å². The molecule has 1 aliphatic heterocycles. The van der Waals surface area contributed by atoms with Crippen LogP contribution in [0, 0.1) is 5.92 Å². The molecule has 1 saturated heterocycles. The summed E-state index contributed by atoms with van der Waals surface area (Å²) in [7, 11) is 5.05. The summed E-state index contributed by atoms with van der Waals surface area (Å²) in [4.78, 5) is 45.6. The first-order valence-electron chi connectivity index (χ1n) is 11.8. The zero-order valence-corrected chi connectivity index (χ0v) is 20.1. The molecule has 5 rings (SSSR count). The van der Waals surface area contributed by atoms with E-state index in [9.17, 15) is 14.4 Å². The van der Waals surface area contributed by atoms with Gasteiger partial charge in [-0.15, -0.1) is 0 Å². The van der Waals surface area contributed by atoms with Gasteiger partial charge in [-0.2, -0.15) is 0 Å². The van der Waals surface area contributed by atoms with E-state index >= 15 is 0 Å². The standard InChI is InChI=1S/C25H29N5O5/c1-27(2)23(31)14-30-24(32)19-12-17(6-8-20(19)28(30)3)29-11-10-21(25(29)33)35-18-7-9-22(26-13-18)34-15-16-4-5-16/h6-9,12-13,16,21H,4-5,10-11,14-15H2,1-3H3/t21-/m1/s1. The Hall–Kier alpha value is -3.82. The Morgan fingerprint density at radius 3 is 2.63 bits per heavy atom. The van der Waals surface area contributed by atoms with Gasteiger partial charge in [-0.1, -0.05) is 0 Å². The summed E-state index contributed by atoms with van der Waals surface area (Å²) < 4.78 is 14.6. The number of pyridine rings is 1. The maximum Gasteiger partial charge on any atom is 0.275 e. The molecule has 1 atom stereocenters. The van der Waals surface area contributed by atoms with Crippen molar-refractivity contribution in [3.05, 3.63) is 46.9 Å². The fourth-order valence-corrected chi connectivity index (χ4v) is 4.19. The summed E-state index contributed by atoms with van der Waals surface area (Å²) in [5, 5.41) is 0.458. The van der Waals surface area contributed by atoms with Gasteiger partial charge in [-0.05, 0) is 43.0 Å². The molecule has 1 saturated carbocycles. The van der Waals surface area contributed by atoms with Crippen LogP contribution >= 0.6 is 0 Å². The molecule has 1 aromatic carbocycles. The van der Waals surface area contributed by atoms with E-state index < -0.39 is 6.10 Å². The number of carbonyl (C=O) groups excluding carboxylic acids is 2. The van der Waals surface area contributed by atoms with E-state index in [1.165, 1.54) is 22.4 Å². The van der Waals surface area contributed by atoms with Gasteiger partial charge >= 0.3 is 0 Å². The highest BCUT2D eigenvalue weighted by molar-refractivity contribution is 6.00. The van der Waals surface area contributed by atoms with Crippen LogP contribution < -0.4 is 19.9 Å². The van der Waals surface area contributed by atoms with Crippen LogP contribution in [0.4, 0.5) is 5.69 Å². The topological polar surface area (TPSA) is 98.9 Å². The number of hydrogen-bond donors (Lipinski definition) is 0. The molecule has 0 N–H and O–H groups in total. The summed E-state index contributed by atoms with van der Waals surface area (Å²) in [6.45, 7) is 1.11. The van der Waals surface area contributed by atoms with Crippen molar-refractivity contribution >= 4 is 28.4 Å². The number of aromatic nitrogens is 3. The monoisotopic (exact) mass is 479 g/mol. The number of fused-ring (bicyclic) bond motifs is 1. The number of ether oxygens (including phenoxy) is 2. The first-order chi connectivity index (χ1) is 16.8. The van der Waals surface area contributed by atoms with E-state index in [2.05, 4.69) is 4.98 Å². The van der Waals surface area contributed by atoms with Crippen molar-refractivity contribution in [2.24, 2.45) is 13.0 Å². The Morgan fingerprint density at radius 2 is 1.94 bits per heavy atom. The lowest BCUT2D eigenvalue weighted by Gasteiger charge is -2.17. The number of hydrogen-bond acceptors (Lipinski definition) is 6. The highest BCUT2D eigenvalue weighted by Gasteiger charge is 2.35. The highest BCUT2D eigenvalue weighted by Crippen LogP contribution is 2.30. The lowest BCUT2D eigenvalue weighted by Crippen LogP contribution is -2.33. The first kappa shape index (κ1) is 22.9. The molecule has 2 fully saturated rings. The number of amides is 2. The highest BCUT2D eigenvalue weighted by atomic mass is 16.5. The summed E-state index contributed by atoms with van der Waals surface area (Å²) >= 11 is 0. The second-order valence-corrected chi connectivity index (χ2v) is 9.35. The van der Waals surface area contributed by atoms with Crippen molar-refractivity contribution in [2.75, 3.05) is 32.1 Å². The van der Waals surface area contributed by atoms with Gasteiger partial charge in [0.25, 0.3) is 11.5 Å². The van der Waals surface area contributed by atoms with Crippen molar-refractivity contribution in [2.45, 2.75) is 31.9 Å². The fraction of sp³-hybridized carbons (Fsp3) is 0.440. The van der Waals surface area contributed by atoms with Gasteiger partial charge in [0, 0.05) is 45.9 Å². The molecule has 2 aromatic heterocycles. The number of benzene rings is 1. The quantitative estimate of drug-likeness (QED) is 0.489. The van der Waals surface area contributed by atoms with E-state index in [0.29, 0.717) is 53.7 Å². The van der Waals surface area contributed by atoms with Gasteiger partial charge in [0.2, 0.25) is 11.8 Å². The summed E-state index contributed by atoms with van der Waals surface area (Å²) in [5.41, 5.74) is 1.05. The number of likely N-dealkylation sites (N-methyl/N-ethyl adjacent to an activating group) is 1. The van der Waals surface area contributed by atoms with Gasteiger partial charge < -0.3 is 19.3 Å². The van der Waals surface area contributed by atoms with Crippen LogP contribution in [0.3, 0.4) is 0 Å². The molecular weight excluding hydrogens is 450 g/mol. The number of aryl methyl sites for hydroxylation is 1. The summed E-state index contributed by atoms with van der Waals surface area (Å²) in [6, 6.07) is 8.84. The normalized spacial score (nSPS) is 17.7. The lowest BCUT2D eigenvalue weighted by molar-refractivity contribution is -0.129. The van der Waals surface area contributed by atoms with Crippen molar-refractivity contribution < 1.29 is 19.1 Å². The smallest absolute Gasteiger partial charge is 0.275 e. The molecule has 0 spiro atoms. The Morgan fingerprint density at radius 1 is 1.14 bits per heavy atom. The largest absolute Gasteiger partial charge is 0.479 e. The Labute approximate surface area is 202 Å². The third kappa shape index (κ3) is 4.60. The van der Waals surface area contributed by atoms with Crippen LogP contribution in [0.1, 0.15) is 19.3 Å². The van der Waals surface area contributed by atoms with Gasteiger partial charge in [0.05, 0.1) is 23.7 Å². The van der Waals surface area contributed by atoms with Crippen LogP contribution in [-0.2, 0) is 23.2 Å². The van der Waals surface area contributed by atoms with Crippen LogP contribution in [0.25, 0.3) is 10.9 Å². The molecular formula is C25H29N5O5. The fourth-order valence-electron chi connectivity index (χ4n) is 4.19. The van der Waals surface area contributed by atoms with E-state index in [1.807, 2.05) is 6.07 Å². The van der Waals surface area contributed by atoms with Gasteiger partial charge in [-0.25, -0.2) is 9.67 Å². The zero-order chi connectivity index (χ0) is 24.7. The molecule has 2 aliphatic rings. The Balaban J connectivity index is 1.29. The first-order valence-corrected chi connectivity index (χ1v) is 11.8. The van der Waals surface area contributed by atoms with Crippen LogP contribution in [0.5, 0.6) is 11.6 Å². The van der Waals surface area contributed by atoms with E-state index in [0.717, 1.165) is 0 Å². The van der Waals surface area contributed by atoms with Crippen LogP contribution in [-0.4, -0.2) is 64.4 Å². The number of rotatable bonds is 8. The van der Waals surface area contributed by atoms with Crippen LogP contribution in [0.2, 0.25) is 0 Å². The molecule has 3 heterocycles. The molecule has 3 aromatic rings. The number of carbonyl (C=O) groups is 2. The number of nitrogens with zero attached hydrogens (tertiary/aromatic N) is 5. The maximum atomic E-state index is 13.1. The summed E-state index contributed by atoms with van der Waals surface area (Å²) in [5.74, 6) is 1.37. The predicted octanol–water partition coefficient (Wildman–Crippen LogP) is 1.80. The molecule has 35 heavy (non-hydrogen) atoms. The minimum Gasteiger partial charge on any atom is -0.479 e. The van der Waals surface area contributed by atoms with E-state index in [4.69, 9.17) is 9.47 Å². The molecule has 10 nitrogen and oxygen atoms in total. The molecule has 10 heteroatoms. The van der Waals surface area contributed by atoms with Crippen molar-refractivity contribution in [3.63, 3.8) is 0 Å². The average molecular weight is 480 g/mol. The third-order valence-corrected chi connectivity index (χ3v) is 6.56. The van der Waals surface area contributed by atoms with Gasteiger partial charge in [0.15, 0.2) is 6.10 Å². The Kier molecular flexibility index (Phi) is 5.96. The minimum atomic E-state index is -0.629. The van der Waals surface area contributed by atoms with Crippen molar-refractivity contribution in [1.29, 1.82) is 0 Å². The second-order valence-electron chi connectivity index (χ2n) is 9.35. The molecule has 1 aliphatic carbocycles. The molecule has 0 bridgehead atoms. The lowest BCUT2D eigenvalue weighted by atomic mass is 10.2. The molecule has 0 radical (unpaired) electrons. The van der Waals surface area contributed by atoms with Gasteiger partial charge in [-0.3, -0.25) is 19.1 Å². The minimum absolute atomic E-state index is 0.0522. The van der Waals surface area contributed by atoms with Crippen molar-refractivity contribution in [1.82, 2.24) is 19.2 Å². The third-order valence-electron chi connectivity index (χ3n) is 6.56. The summed E-state index contributed by atoms with van der Waals surface area (Å²) in [6.07, 6.45) is 3.89. The Bertz CT molecular complexity index is 1320. The average Bonchev–Trinajstić information content (AvgIpc) is 3.58. The van der Waals surface area contributed by atoms with E-state index in [1.54, 1.807) is 61.2 Å². The van der Waals surface area contributed by atoms with E-state index in [-0.39, 0.29) is 23.9 Å². The van der Waals surface area contributed by atoms with Gasteiger partial charge in [0.1, 0.15) is 12.3 Å². The zero-order valence-electron chi connectivity index (χ0n) is 20.1. The predicted molar refractivity (Wildman–Crippen MR) is 130 cm³/mol. The molecule has 0 unspecified atom stereocenters. The van der Waals surface area contributed by atoms with Crippen LogP contribution in [0.15, 0.2) is 41.3 Å². The second kappa shape index (κ2) is 9.09. The maximum absolute atomic E-state index is 13.1. The SMILES string of the molecule is CN(C)C(=O)Cn1c(=O)c2cc(N3CC[C@@H](Oc4ccc(OCC5CC5)nc4)C3=O)ccc2n1C. The molecule has 184 valence electrons. The number of anilines is 1. The molecule has 2 amide bonds.